The first kappa shape index (κ1) is 23.5. The molecule has 0 saturated heterocycles. The van der Waals surface area contributed by atoms with Gasteiger partial charge in [-0.25, -0.2) is 0 Å². The van der Waals surface area contributed by atoms with E-state index in [0.29, 0.717) is 0 Å². The van der Waals surface area contributed by atoms with Crippen LogP contribution in [0.15, 0.2) is 120 Å². The molecule has 0 saturated carbocycles. The van der Waals surface area contributed by atoms with E-state index < -0.39 is 7.05 Å². The van der Waals surface area contributed by atoms with Crippen molar-refractivity contribution in [3.63, 3.8) is 0 Å². The van der Waals surface area contributed by atoms with Crippen molar-refractivity contribution in [1.29, 1.82) is 0 Å². The number of hydrogen-bond donors (Lipinski definition) is 0. The maximum atomic E-state index is 6.10. The SMILES string of the molecule is Clc1ccc(N=P(c2ccccc2)(c2ccccc2)c2ccccc2)cc1.[Br][Co][Br]. The Morgan fingerprint density at radius 3 is 1.23 bits per heavy atom. The van der Waals surface area contributed by atoms with Crippen LogP contribution in [-0.2, 0) is 11.1 Å². The van der Waals surface area contributed by atoms with Gasteiger partial charge in [-0.15, -0.1) is 0 Å². The van der Waals surface area contributed by atoms with Crippen LogP contribution in [0.25, 0.3) is 0 Å². The summed E-state index contributed by atoms with van der Waals surface area (Å²) in [5, 5.41) is 4.42. The van der Waals surface area contributed by atoms with Crippen LogP contribution in [0, 0.1) is 0 Å². The molecule has 0 fully saturated rings. The second-order valence-corrected chi connectivity index (χ2v) is 15.0. The van der Waals surface area contributed by atoms with Gasteiger partial charge in [0.1, 0.15) is 0 Å². The van der Waals surface area contributed by atoms with Crippen molar-refractivity contribution in [2.24, 2.45) is 4.74 Å². The van der Waals surface area contributed by atoms with E-state index in [0.717, 1.165) is 21.8 Å². The van der Waals surface area contributed by atoms with Gasteiger partial charge >= 0.3 is 39.5 Å². The second kappa shape index (κ2) is 12.0. The Kier molecular flexibility index (Phi) is 9.45. The molecular formula is C24H19Br2ClCoNP. The molecule has 4 rings (SSSR count). The Morgan fingerprint density at radius 2 is 0.900 bits per heavy atom. The summed E-state index contributed by atoms with van der Waals surface area (Å²) in [5.41, 5.74) is 0.935. The minimum atomic E-state index is -2.21. The van der Waals surface area contributed by atoms with E-state index in [1.807, 2.05) is 24.3 Å². The van der Waals surface area contributed by atoms with E-state index in [2.05, 4.69) is 119 Å². The monoisotopic (exact) mass is 604 g/mol. The molecule has 0 aliphatic heterocycles. The summed E-state index contributed by atoms with van der Waals surface area (Å²) >= 11 is 13.2. The summed E-state index contributed by atoms with van der Waals surface area (Å²) in [6.45, 7) is 0. The number of hydrogen-bond acceptors (Lipinski definition) is 1. The average molecular weight is 607 g/mol. The van der Waals surface area contributed by atoms with E-state index in [1.54, 1.807) is 0 Å². The van der Waals surface area contributed by atoms with Crippen molar-refractivity contribution in [3.05, 3.63) is 120 Å². The van der Waals surface area contributed by atoms with Gasteiger partial charge in [0.15, 0.2) is 0 Å². The van der Waals surface area contributed by atoms with Crippen LogP contribution in [0.5, 0.6) is 0 Å². The molecule has 0 aliphatic rings. The van der Waals surface area contributed by atoms with Gasteiger partial charge in [0.05, 0.1) is 12.7 Å². The second-order valence-electron chi connectivity index (χ2n) is 6.27. The molecule has 0 radical (unpaired) electrons. The zero-order valence-corrected chi connectivity index (χ0v) is 21.7. The zero-order chi connectivity index (χ0) is 21.2. The molecule has 30 heavy (non-hydrogen) atoms. The van der Waals surface area contributed by atoms with E-state index in [4.69, 9.17) is 16.3 Å². The molecule has 0 N–H and O–H groups in total. The predicted molar refractivity (Wildman–Crippen MR) is 137 cm³/mol. The molecule has 4 aromatic carbocycles. The van der Waals surface area contributed by atoms with Gasteiger partial charge in [-0.2, -0.15) is 0 Å². The van der Waals surface area contributed by atoms with Gasteiger partial charge in [0.2, 0.25) is 0 Å². The van der Waals surface area contributed by atoms with Crippen molar-refractivity contribution in [2.45, 2.75) is 0 Å². The summed E-state index contributed by atoms with van der Waals surface area (Å²) in [4.78, 5) is 0. The van der Waals surface area contributed by atoms with Gasteiger partial charge in [-0.3, -0.25) is 4.74 Å². The van der Waals surface area contributed by atoms with Crippen LogP contribution in [0.1, 0.15) is 0 Å². The molecule has 0 aliphatic carbocycles. The van der Waals surface area contributed by atoms with Crippen LogP contribution < -0.4 is 15.9 Å². The fraction of sp³-hybridized carbons (Fsp3) is 0. The zero-order valence-electron chi connectivity index (χ0n) is 15.8. The molecule has 0 aromatic heterocycles. The maximum absolute atomic E-state index is 6.10. The molecule has 0 heterocycles. The molecule has 4 aromatic rings. The van der Waals surface area contributed by atoms with Crippen molar-refractivity contribution in [1.82, 2.24) is 0 Å². The molecule has 155 valence electrons. The van der Waals surface area contributed by atoms with Gasteiger partial charge in [-0.05, 0) is 24.3 Å². The van der Waals surface area contributed by atoms with Gasteiger partial charge in [0.25, 0.3) is 0 Å². The molecule has 0 unspecified atom stereocenters. The molecule has 0 bridgehead atoms. The number of nitrogens with zero attached hydrogens (tertiary/aromatic N) is 1. The first-order valence-corrected chi connectivity index (χ1v) is 16.4. The quantitative estimate of drug-likeness (QED) is 0.210. The van der Waals surface area contributed by atoms with Crippen LogP contribution >= 0.6 is 47.0 Å². The third-order valence-corrected chi connectivity index (χ3v) is 8.40. The summed E-state index contributed by atoms with van der Waals surface area (Å²) in [7, 11) is -2.21. The fourth-order valence-corrected chi connectivity index (χ4v) is 6.89. The van der Waals surface area contributed by atoms with Gasteiger partial charge in [-0.1, -0.05) is 103 Å². The number of benzene rings is 4. The van der Waals surface area contributed by atoms with Gasteiger partial charge in [0, 0.05) is 20.9 Å². The Hall–Kier alpha value is -1.13. The normalized spacial score (nSPS) is 10.8. The van der Waals surface area contributed by atoms with E-state index >= 15 is 0 Å². The van der Waals surface area contributed by atoms with Gasteiger partial charge < -0.3 is 0 Å². The molecular weight excluding hydrogens is 587 g/mol. The van der Waals surface area contributed by atoms with Crippen molar-refractivity contribution in [2.75, 3.05) is 0 Å². The first-order valence-electron chi connectivity index (χ1n) is 9.09. The van der Waals surface area contributed by atoms with Crippen LogP contribution in [0.3, 0.4) is 0 Å². The van der Waals surface area contributed by atoms with Crippen LogP contribution in [-0.4, -0.2) is 0 Å². The Balaban J connectivity index is 0.000000806. The predicted octanol–water partition coefficient (Wildman–Crippen LogP) is 7.84. The first-order chi connectivity index (χ1) is 14.7. The minimum absolute atomic E-state index is 0.719. The molecule has 0 atom stereocenters. The Bertz CT molecular complexity index is 989. The average Bonchev–Trinajstić information content (AvgIpc) is 2.81. The van der Waals surface area contributed by atoms with Crippen LogP contribution in [0.2, 0.25) is 5.02 Å². The van der Waals surface area contributed by atoms with Crippen molar-refractivity contribution < 1.29 is 11.1 Å². The Morgan fingerprint density at radius 1 is 0.567 bits per heavy atom. The van der Waals surface area contributed by atoms with Crippen LogP contribution in [0.4, 0.5) is 5.69 Å². The molecule has 6 heteroatoms. The Labute approximate surface area is 203 Å². The third kappa shape index (κ3) is 5.76. The number of rotatable bonds is 4. The van der Waals surface area contributed by atoms with E-state index in [1.165, 1.54) is 15.9 Å². The molecule has 1 nitrogen and oxygen atoms in total. The van der Waals surface area contributed by atoms with E-state index in [-0.39, 0.29) is 0 Å². The summed E-state index contributed by atoms with van der Waals surface area (Å²) in [6, 6.07) is 39.6. The third-order valence-electron chi connectivity index (χ3n) is 4.48. The van der Waals surface area contributed by atoms with Crippen molar-refractivity contribution >= 4 is 68.6 Å². The standard InChI is InChI=1S/C24H19ClNP.2BrH.Co/c25-20-16-18-21(19-17-20)26-27(22-10-4-1-5-11-22,23-12-6-2-7-13-23)24-14-8-3-9-15-24;;;/h1-19H;2*1H;/q;;;+2/p-2. The van der Waals surface area contributed by atoms with Crippen molar-refractivity contribution in [3.8, 4) is 0 Å². The summed E-state index contributed by atoms with van der Waals surface area (Å²) < 4.78 is 5.39. The molecule has 0 spiro atoms. The molecule has 0 amide bonds. The topological polar surface area (TPSA) is 12.4 Å². The fourth-order valence-electron chi connectivity index (χ4n) is 3.23. The number of halogens is 3. The van der Waals surface area contributed by atoms with E-state index in [9.17, 15) is 0 Å². The summed E-state index contributed by atoms with van der Waals surface area (Å²) in [6.07, 6.45) is 0. The summed E-state index contributed by atoms with van der Waals surface area (Å²) in [5.74, 6) is 0.